The third-order valence-electron chi connectivity index (χ3n) is 5.44. The molecular formula is C15H28N2O2. The topological polar surface area (TPSA) is 55.6 Å². The summed E-state index contributed by atoms with van der Waals surface area (Å²) in [6.45, 7) is 9.96. The second kappa shape index (κ2) is 4.74. The van der Waals surface area contributed by atoms with Crippen molar-refractivity contribution in [2.24, 2.45) is 23.0 Å². The number of hydrogen-bond donors (Lipinski definition) is 1. The first-order chi connectivity index (χ1) is 8.76. The number of rotatable bonds is 4. The van der Waals surface area contributed by atoms with Gasteiger partial charge in [-0.1, -0.05) is 34.1 Å². The number of fused-ring (bicyclic) bond motifs is 1. The van der Waals surface area contributed by atoms with Gasteiger partial charge in [0.2, 0.25) is 5.91 Å². The van der Waals surface area contributed by atoms with Crippen LogP contribution >= 0.6 is 0 Å². The summed E-state index contributed by atoms with van der Waals surface area (Å²) in [6.07, 6.45) is 2.14. The highest BCUT2D eigenvalue weighted by Crippen LogP contribution is 2.58. The second-order valence-electron chi connectivity index (χ2n) is 6.98. The van der Waals surface area contributed by atoms with Crippen LogP contribution in [0.25, 0.3) is 0 Å². The van der Waals surface area contributed by atoms with Crippen molar-refractivity contribution in [2.75, 3.05) is 20.2 Å². The summed E-state index contributed by atoms with van der Waals surface area (Å²) in [5.41, 5.74) is 5.53. The van der Waals surface area contributed by atoms with E-state index in [4.69, 9.17) is 10.5 Å². The lowest BCUT2D eigenvalue weighted by Crippen LogP contribution is -2.80. The van der Waals surface area contributed by atoms with Crippen molar-refractivity contribution in [1.29, 1.82) is 0 Å². The molecule has 0 aromatic rings. The summed E-state index contributed by atoms with van der Waals surface area (Å²) >= 11 is 0. The van der Waals surface area contributed by atoms with E-state index in [-0.39, 0.29) is 23.3 Å². The minimum Gasteiger partial charge on any atom is -0.377 e. The van der Waals surface area contributed by atoms with Gasteiger partial charge in [-0.25, -0.2) is 0 Å². The van der Waals surface area contributed by atoms with E-state index < -0.39 is 5.54 Å². The van der Waals surface area contributed by atoms with E-state index in [1.807, 2.05) is 11.9 Å². The summed E-state index contributed by atoms with van der Waals surface area (Å²) < 4.78 is 5.74. The zero-order valence-corrected chi connectivity index (χ0v) is 12.9. The first-order valence-electron chi connectivity index (χ1n) is 7.42. The number of ether oxygens (including phenoxy) is 1. The van der Waals surface area contributed by atoms with Crippen LogP contribution in [0.5, 0.6) is 0 Å². The van der Waals surface area contributed by atoms with E-state index in [0.29, 0.717) is 5.92 Å². The van der Waals surface area contributed by atoms with Gasteiger partial charge in [0.1, 0.15) is 5.54 Å². The maximum absolute atomic E-state index is 12.8. The molecule has 110 valence electrons. The maximum Gasteiger partial charge on any atom is 0.243 e. The van der Waals surface area contributed by atoms with Crippen molar-refractivity contribution in [2.45, 2.75) is 52.2 Å². The fourth-order valence-electron chi connectivity index (χ4n) is 3.81. The summed E-state index contributed by atoms with van der Waals surface area (Å²) in [5.74, 6) is 0.787. The summed E-state index contributed by atoms with van der Waals surface area (Å²) in [7, 11) is 1.88. The molecule has 1 aliphatic carbocycles. The number of carbonyl (C=O) groups is 1. The van der Waals surface area contributed by atoms with E-state index in [1.165, 1.54) is 0 Å². The molecule has 4 unspecified atom stereocenters. The van der Waals surface area contributed by atoms with Gasteiger partial charge in [-0.2, -0.15) is 0 Å². The molecule has 0 bridgehead atoms. The number of likely N-dealkylation sites (N-methyl/N-ethyl adjacent to an activating group) is 1. The number of nitrogens with two attached hydrogens (primary N) is 1. The molecule has 1 amide bonds. The molecule has 1 aliphatic heterocycles. The molecule has 0 radical (unpaired) electrons. The molecule has 4 heteroatoms. The van der Waals surface area contributed by atoms with Gasteiger partial charge in [-0.05, 0) is 12.3 Å². The van der Waals surface area contributed by atoms with Crippen molar-refractivity contribution in [3.8, 4) is 0 Å². The van der Waals surface area contributed by atoms with Crippen LogP contribution in [0, 0.1) is 17.3 Å². The number of amides is 1. The van der Waals surface area contributed by atoms with E-state index >= 15 is 0 Å². The smallest absolute Gasteiger partial charge is 0.243 e. The van der Waals surface area contributed by atoms with Gasteiger partial charge in [0.25, 0.3) is 0 Å². The Morgan fingerprint density at radius 1 is 1.53 bits per heavy atom. The number of hydrogen-bond acceptors (Lipinski definition) is 3. The fraction of sp³-hybridized carbons (Fsp3) is 0.933. The van der Waals surface area contributed by atoms with Gasteiger partial charge < -0.3 is 15.4 Å². The molecule has 2 fully saturated rings. The van der Waals surface area contributed by atoms with Crippen LogP contribution in [0.2, 0.25) is 0 Å². The summed E-state index contributed by atoms with van der Waals surface area (Å²) in [6, 6.07) is 0. The molecule has 0 spiro atoms. The average Bonchev–Trinajstić information content (AvgIpc) is 2.84. The average molecular weight is 268 g/mol. The highest BCUT2D eigenvalue weighted by atomic mass is 16.5. The van der Waals surface area contributed by atoms with Crippen LogP contribution in [0.4, 0.5) is 0 Å². The lowest BCUT2D eigenvalue weighted by Gasteiger charge is -2.61. The lowest BCUT2D eigenvalue weighted by atomic mass is 9.47. The predicted octanol–water partition coefficient (Wildman–Crippen LogP) is 1.63. The molecule has 1 saturated carbocycles. The van der Waals surface area contributed by atoms with Gasteiger partial charge >= 0.3 is 0 Å². The van der Waals surface area contributed by atoms with E-state index in [9.17, 15) is 4.79 Å². The van der Waals surface area contributed by atoms with E-state index in [0.717, 1.165) is 26.0 Å². The zero-order valence-electron chi connectivity index (χ0n) is 12.9. The summed E-state index contributed by atoms with van der Waals surface area (Å²) in [4.78, 5) is 14.6. The Morgan fingerprint density at radius 3 is 2.74 bits per heavy atom. The minimum atomic E-state index is -0.754. The molecule has 19 heavy (non-hydrogen) atoms. The Balaban J connectivity index is 2.13. The van der Waals surface area contributed by atoms with Gasteiger partial charge in [0, 0.05) is 31.5 Å². The van der Waals surface area contributed by atoms with Crippen LogP contribution in [0.1, 0.15) is 40.5 Å². The van der Waals surface area contributed by atoms with Gasteiger partial charge in [-0.3, -0.25) is 4.79 Å². The number of carbonyl (C=O) groups excluding carboxylic acids is 1. The van der Waals surface area contributed by atoms with Gasteiger partial charge in [0.05, 0.1) is 6.10 Å². The van der Waals surface area contributed by atoms with Crippen LogP contribution in [0.3, 0.4) is 0 Å². The first kappa shape index (κ1) is 14.8. The number of nitrogens with zero attached hydrogens (tertiary/aromatic N) is 1. The normalized spacial score (nSPS) is 37.4. The van der Waals surface area contributed by atoms with Crippen molar-refractivity contribution < 1.29 is 9.53 Å². The lowest BCUT2D eigenvalue weighted by molar-refractivity contribution is -0.183. The molecule has 2 N–H and O–H groups in total. The molecule has 0 aromatic heterocycles. The van der Waals surface area contributed by atoms with Crippen LogP contribution in [0.15, 0.2) is 0 Å². The van der Waals surface area contributed by atoms with Crippen molar-refractivity contribution in [3.05, 3.63) is 0 Å². The molecule has 2 aliphatic rings. The Morgan fingerprint density at radius 2 is 2.16 bits per heavy atom. The third-order valence-corrected chi connectivity index (χ3v) is 5.44. The molecule has 4 nitrogen and oxygen atoms in total. The van der Waals surface area contributed by atoms with Crippen molar-refractivity contribution in [1.82, 2.24) is 4.90 Å². The van der Waals surface area contributed by atoms with E-state index in [1.54, 1.807) is 0 Å². The quantitative estimate of drug-likeness (QED) is 0.843. The van der Waals surface area contributed by atoms with Crippen molar-refractivity contribution in [3.63, 3.8) is 0 Å². The van der Waals surface area contributed by atoms with Crippen molar-refractivity contribution >= 4 is 5.91 Å². The Labute approximate surface area is 116 Å². The largest absolute Gasteiger partial charge is 0.377 e. The highest BCUT2D eigenvalue weighted by Gasteiger charge is 2.71. The van der Waals surface area contributed by atoms with E-state index in [2.05, 4.69) is 27.7 Å². The third kappa shape index (κ3) is 1.91. The molecule has 0 aromatic carbocycles. The molecule has 4 atom stereocenters. The highest BCUT2D eigenvalue weighted by molar-refractivity contribution is 5.89. The van der Waals surface area contributed by atoms with Gasteiger partial charge in [-0.15, -0.1) is 0 Å². The minimum absolute atomic E-state index is 0.0875. The fourth-order valence-corrected chi connectivity index (χ4v) is 3.81. The maximum atomic E-state index is 12.8. The molecule has 2 rings (SSSR count). The standard InChI is InChI=1S/C15H28N2O2/c1-6-10(2)9-17(5)13(18)15(16)11-7-8-19-12(11)14(15,3)4/h10-12H,6-9,16H2,1-5H3. The Kier molecular flexibility index (Phi) is 3.69. The van der Waals surface area contributed by atoms with Gasteiger partial charge in [0.15, 0.2) is 0 Å². The van der Waals surface area contributed by atoms with Crippen LogP contribution < -0.4 is 5.73 Å². The predicted molar refractivity (Wildman–Crippen MR) is 75.6 cm³/mol. The second-order valence-corrected chi connectivity index (χ2v) is 6.98. The summed E-state index contributed by atoms with van der Waals surface area (Å²) in [5, 5.41) is 0. The zero-order chi connectivity index (χ0) is 14.4. The monoisotopic (exact) mass is 268 g/mol. The molecule has 1 saturated heterocycles. The Hall–Kier alpha value is -0.610. The molecular weight excluding hydrogens is 240 g/mol. The van der Waals surface area contributed by atoms with Crippen LogP contribution in [-0.4, -0.2) is 42.6 Å². The van der Waals surface area contributed by atoms with Crippen LogP contribution in [-0.2, 0) is 9.53 Å². The SMILES string of the molecule is CCC(C)CN(C)C(=O)C1(N)C2CCOC2C1(C)C. The first-order valence-corrected chi connectivity index (χ1v) is 7.42. The Bertz CT molecular complexity index is 369. The molecule has 1 heterocycles.